The van der Waals surface area contributed by atoms with Gasteiger partial charge in [0.2, 0.25) is 5.91 Å². The lowest BCUT2D eigenvalue weighted by Crippen LogP contribution is -2.45. The summed E-state index contributed by atoms with van der Waals surface area (Å²) in [5.74, 6) is 0.795. The third-order valence-corrected chi connectivity index (χ3v) is 3.69. The van der Waals surface area contributed by atoms with E-state index in [0.717, 1.165) is 19.3 Å². The smallest absolute Gasteiger partial charge is 0.220 e. The van der Waals surface area contributed by atoms with E-state index in [2.05, 4.69) is 29.6 Å². The van der Waals surface area contributed by atoms with Gasteiger partial charge in [0.15, 0.2) is 0 Å². The van der Waals surface area contributed by atoms with Gasteiger partial charge >= 0.3 is 0 Å². The molecular weight excluding hydrogens is 186 g/mol. The zero-order valence-electron chi connectivity index (χ0n) is 8.70. The molecule has 2 nitrogen and oxygen atoms in total. The van der Waals surface area contributed by atoms with Crippen molar-refractivity contribution in [3.05, 3.63) is 35.4 Å². The van der Waals surface area contributed by atoms with Crippen LogP contribution >= 0.6 is 0 Å². The van der Waals surface area contributed by atoms with Crippen LogP contribution in [-0.4, -0.2) is 11.9 Å². The molecule has 2 aliphatic rings. The molecule has 1 saturated heterocycles. The van der Waals surface area contributed by atoms with Crippen LogP contribution in [0, 0.1) is 0 Å². The van der Waals surface area contributed by atoms with Crippen molar-refractivity contribution in [2.75, 3.05) is 0 Å². The van der Waals surface area contributed by atoms with Crippen molar-refractivity contribution in [1.82, 2.24) is 5.32 Å². The summed E-state index contributed by atoms with van der Waals surface area (Å²) >= 11 is 0. The van der Waals surface area contributed by atoms with Gasteiger partial charge in [-0.2, -0.15) is 0 Å². The zero-order chi connectivity index (χ0) is 10.3. The van der Waals surface area contributed by atoms with Gasteiger partial charge in [0.05, 0.1) is 0 Å². The van der Waals surface area contributed by atoms with E-state index in [4.69, 9.17) is 0 Å². The van der Waals surface area contributed by atoms with E-state index >= 15 is 0 Å². The second-order valence-electron chi connectivity index (χ2n) is 4.56. The van der Waals surface area contributed by atoms with Gasteiger partial charge in [-0.1, -0.05) is 24.3 Å². The van der Waals surface area contributed by atoms with E-state index in [-0.39, 0.29) is 5.91 Å². The number of carbonyl (C=O) groups excluding carboxylic acids is 1. The maximum Gasteiger partial charge on any atom is 0.220 e. The molecule has 0 spiro atoms. The maximum atomic E-state index is 11.3. The predicted octanol–water partition coefficient (Wildman–Crippen LogP) is 1.99. The summed E-state index contributed by atoms with van der Waals surface area (Å²) in [6.45, 7) is 0. The third kappa shape index (κ3) is 1.44. The molecule has 2 heteroatoms. The van der Waals surface area contributed by atoms with Crippen LogP contribution in [0.15, 0.2) is 24.3 Å². The molecule has 1 aliphatic carbocycles. The average molecular weight is 201 g/mol. The van der Waals surface area contributed by atoms with Crippen molar-refractivity contribution >= 4 is 5.91 Å². The van der Waals surface area contributed by atoms with Gasteiger partial charge in [0.1, 0.15) is 0 Å². The lowest BCUT2D eigenvalue weighted by Gasteiger charge is -2.37. The monoisotopic (exact) mass is 201 g/mol. The maximum absolute atomic E-state index is 11.3. The molecule has 0 bridgehead atoms. The summed E-state index contributed by atoms with van der Waals surface area (Å²) in [5, 5.41) is 3.12. The molecule has 1 fully saturated rings. The van der Waals surface area contributed by atoms with Gasteiger partial charge in [-0.05, 0) is 30.4 Å². The highest BCUT2D eigenvalue weighted by Crippen LogP contribution is 2.36. The van der Waals surface area contributed by atoms with E-state index in [0.29, 0.717) is 18.4 Å². The SMILES string of the molecule is O=C1CCC2c3ccccc3CCC2N1. The molecule has 1 aliphatic heterocycles. The Morgan fingerprint density at radius 3 is 2.93 bits per heavy atom. The molecule has 2 atom stereocenters. The highest BCUT2D eigenvalue weighted by Gasteiger charge is 2.33. The van der Waals surface area contributed by atoms with Crippen LogP contribution in [0.5, 0.6) is 0 Å². The number of aryl methyl sites for hydroxylation is 1. The second kappa shape index (κ2) is 3.37. The van der Waals surface area contributed by atoms with Crippen LogP contribution in [-0.2, 0) is 11.2 Å². The van der Waals surface area contributed by atoms with Crippen LogP contribution in [0.2, 0.25) is 0 Å². The number of hydrogen-bond donors (Lipinski definition) is 1. The first-order valence-electron chi connectivity index (χ1n) is 5.72. The quantitative estimate of drug-likeness (QED) is 0.683. The number of benzene rings is 1. The van der Waals surface area contributed by atoms with Crippen molar-refractivity contribution in [3.8, 4) is 0 Å². The Hall–Kier alpha value is -1.31. The summed E-state index contributed by atoms with van der Waals surface area (Å²) in [4.78, 5) is 11.3. The summed E-state index contributed by atoms with van der Waals surface area (Å²) in [5.41, 5.74) is 2.95. The van der Waals surface area contributed by atoms with E-state index in [1.54, 1.807) is 0 Å². The molecule has 3 rings (SSSR count). The lowest BCUT2D eigenvalue weighted by molar-refractivity contribution is -0.123. The first-order chi connectivity index (χ1) is 7.34. The molecule has 78 valence electrons. The summed E-state index contributed by atoms with van der Waals surface area (Å²) in [6, 6.07) is 9.06. The van der Waals surface area contributed by atoms with Crippen LogP contribution in [0.4, 0.5) is 0 Å². The minimum atomic E-state index is 0.232. The summed E-state index contributed by atoms with van der Waals surface area (Å²) in [6.07, 6.45) is 3.92. The normalized spacial score (nSPS) is 28.9. The second-order valence-corrected chi connectivity index (χ2v) is 4.56. The first kappa shape index (κ1) is 8.96. The minimum Gasteiger partial charge on any atom is -0.353 e. The molecule has 1 aromatic carbocycles. The molecule has 1 heterocycles. The fourth-order valence-electron chi connectivity index (χ4n) is 2.95. The van der Waals surface area contributed by atoms with Crippen molar-refractivity contribution in [2.45, 2.75) is 37.6 Å². The van der Waals surface area contributed by atoms with Crippen molar-refractivity contribution in [2.24, 2.45) is 0 Å². The van der Waals surface area contributed by atoms with Crippen LogP contribution < -0.4 is 5.32 Å². The van der Waals surface area contributed by atoms with Gasteiger partial charge < -0.3 is 5.32 Å². The number of carbonyl (C=O) groups is 1. The zero-order valence-corrected chi connectivity index (χ0v) is 8.70. The number of nitrogens with one attached hydrogen (secondary N) is 1. The largest absolute Gasteiger partial charge is 0.353 e. The molecule has 1 aromatic rings. The van der Waals surface area contributed by atoms with E-state index in [9.17, 15) is 4.79 Å². The fourth-order valence-corrected chi connectivity index (χ4v) is 2.95. The van der Waals surface area contributed by atoms with Crippen LogP contribution in [0.25, 0.3) is 0 Å². The Balaban J connectivity index is 1.97. The number of amides is 1. The standard InChI is InChI=1S/C13H15NO/c15-13-8-6-11-10-4-2-1-3-9(10)5-7-12(11)14-13/h1-4,11-12H,5-8H2,(H,14,15). The number of piperidine rings is 1. The van der Waals surface area contributed by atoms with Crippen molar-refractivity contribution < 1.29 is 4.79 Å². The summed E-state index contributed by atoms with van der Waals surface area (Å²) < 4.78 is 0. The topological polar surface area (TPSA) is 29.1 Å². The van der Waals surface area contributed by atoms with Gasteiger partial charge in [-0.3, -0.25) is 4.79 Å². The Morgan fingerprint density at radius 1 is 1.13 bits per heavy atom. The first-order valence-corrected chi connectivity index (χ1v) is 5.72. The minimum absolute atomic E-state index is 0.232. The molecule has 0 saturated carbocycles. The molecule has 1 N–H and O–H groups in total. The van der Waals surface area contributed by atoms with E-state index < -0.39 is 0 Å². The highest BCUT2D eigenvalue weighted by molar-refractivity contribution is 5.77. The Labute approximate surface area is 89.7 Å². The van der Waals surface area contributed by atoms with Crippen LogP contribution in [0.1, 0.15) is 36.3 Å². The molecule has 0 aromatic heterocycles. The van der Waals surface area contributed by atoms with Crippen molar-refractivity contribution in [1.29, 1.82) is 0 Å². The summed E-state index contributed by atoms with van der Waals surface area (Å²) in [7, 11) is 0. The molecule has 15 heavy (non-hydrogen) atoms. The average Bonchev–Trinajstić information content (AvgIpc) is 2.28. The van der Waals surface area contributed by atoms with Crippen LogP contribution in [0.3, 0.4) is 0 Å². The number of rotatable bonds is 0. The van der Waals surface area contributed by atoms with E-state index in [1.807, 2.05) is 0 Å². The number of hydrogen-bond acceptors (Lipinski definition) is 1. The van der Waals surface area contributed by atoms with Crippen molar-refractivity contribution in [3.63, 3.8) is 0 Å². The third-order valence-electron chi connectivity index (χ3n) is 3.69. The van der Waals surface area contributed by atoms with Gasteiger partial charge in [0, 0.05) is 18.4 Å². The molecule has 1 amide bonds. The highest BCUT2D eigenvalue weighted by atomic mass is 16.1. The Bertz CT molecular complexity index is 399. The fraction of sp³-hybridized carbons (Fsp3) is 0.462. The molecule has 2 unspecified atom stereocenters. The molecule has 0 radical (unpaired) electrons. The molecular formula is C13H15NO. The Morgan fingerprint density at radius 2 is 2.00 bits per heavy atom. The number of fused-ring (bicyclic) bond motifs is 3. The van der Waals surface area contributed by atoms with Gasteiger partial charge in [-0.25, -0.2) is 0 Å². The lowest BCUT2D eigenvalue weighted by atomic mass is 9.75. The Kier molecular flexibility index (Phi) is 2.01. The van der Waals surface area contributed by atoms with Gasteiger partial charge in [0.25, 0.3) is 0 Å². The van der Waals surface area contributed by atoms with Gasteiger partial charge in [-0.15, -0.1) is 0 Å². The predicted molar refractivity (Wildman–Crippen MR) is 58.7 cm³/mol. The van der Waals surface area contributed by atoms with E-state index in [1.165, 1.54) is 11.1 Å².